The highest BCUT2D eigenvalue weighted by atomic mass is 79.9. The topological polar surface area (TPSA) is 71.3 Å². The van der Waals surface area contributed by atoms with Gasteiger partial charge in [-0.1, -0.05) is 76.1 Å². The fraction of sp³-hybridized carbons (Fsp3) is 0.214. The number of hydrogen-bond donors (Lipinski definition) is 1. The van der Waals surface area contributed by atoms with Crippen molar-refractivity contribution in [1.82, 2.24) is 5.32 Å². The van der Waals surface area contributed by atoms with Crippen molar-refractivity contribution in [1.29, 1.82) is 5.26 Å². The molecule has 6 heteroatoms. The molecule has 0 saturated carbocycles. The highest BCUT2D eigenvalue weighted by molar-refractivity contribution is 9.10. The summed E-state index contributed by atoms with van der Waals surface area (Å²) in [4.78, 5) is 12.8. The van der Waals surface area contributed by atoms with Crippen LogP contribution >= 0.6 is 15.9 Å². The van der Waals surface area contributed by atoms with Gasteiger partial charge in [0.25, 0.3) is 5.91 Å². The van der Waals surface area contributed by atoms with Gasteiger partial charge in [-0.2, -0.15) is 5.26 Å². The smallest absolute Gasteiger partial charge is 0.262 e. The van der Waals surface area contributed by atoms with Gasteiger partial charge in [0.1, 0.15) is 18.2 Å². The fourth-order valence-corrected chi connectivity index (χ4v) is 3.85. The summed E-state index contributed by atoms with van der Waals surface area (Å²) in [6, 6.07) is 23.1. The number of halogens is 1. The first-order valence-electron chi connectivity index (χ1n) is 11.0. The van der Waals surface area contributed by atoms with E-state index in [1.54, 1.807) is 18.2 Å². The van der Waals surface area contributed by atoms with Gasteiger partial charge >= 0.3 is 0 Å². The minimum Gasteiger partial charge on any atom is -0.490 e. The summed E-state index contributed by atoms with van der Waals surface area (Å²) < 4.78 is 12.5. The molecule has 3 aromatic carbocycles. The van der Waals surface area contributed by atoms with Crippen LogP contribution in [0.3, 0.4) is 0 Å². The summed E-state index contributed by atoms with van der Waals surface area (Å²) in [6.07, 6.45) is 1.55. The number of nitrogens with one attached hydrogen (secondary N) is 1. The Labute approximate surface area is 209 Å². The third-order valence-electron chi connectivity index (χ3n) is 5.15. The molecule has 3 aromatic rings. The molecule has 5 nitrogen and oxygen atoms in total. The number of carbonyl (C=O) groups is 1. The van der Waals surface area contributed by atoms with Gasteiger partial charge in [0.2, 0.25) is 0 Å². The Morgan fingerprint density at radius 2 is 1.82 bits per heavy atom. The molecule has 0 bridgehead atoms. The van der Waals surface area contributed by atoms with Crippen molar-refractivity contribution in [2.75, 3.05) is 6.61 Å². The molecule has 0 radical (unpaired) electrons. The number of ether oxygens (including phenoxy) is 2. The number of hydrogen-bond acceptors (Lipinski definition) is 4. The minimum absolute atomic E-state index is 0.000594. The van der Waals surface area contributed by atoms with Gasteiger partial charge in [-0.15, -0.1) is 0 Å². The first kappa shape index (κ1) is 25.1. The zero-order chi connectivity index (χ0) is 24.5. The molecule has 0 unspecified atom stereocenters. The van der Waals surface area contributed by atoms with Gasteiger partial charge in [0, 0.05) is 4.47 Å². The van der Waals surface area contributed by atoms with Crippen molar-refractivity contribution in [2.45, 2.75) is 33.4 Å². The average Bonchev–Trinajstić information content (AvgIpc) is 2.83. The molecule has 0 aliphatic carbocycles. The van der Waals surface area contributed by atoms with Gasteiger partial charge in [-0.25, -0.2) is 0 Å². The van der Waals surface area contributed by atoms with E-state index >= 15 is 0 Å². The molecule has 0 aliphatic rings. The zero-order valence-corrected chi connectivity index (χ0v) is 21.1. The fourth-order valence-electron chi connectivity index (χ4n) is 3.41. The second-order valence-corrected chi connectivity index (χ2v) is 8.66. The van der Waals surface area contributed by atoms with Gasteiger partial charge in [0.05, 0.1) is 12.6 Å². The third-order valence-corrected chi connectivity index (χ3v) is 5.84. The van der Waals surface area contributed by atoms with E-state index in [2.05, 4.69) is 27.3 Å². The standard InChI is InChI=1S/C28H27BrN2O3/c1-4-33-26-15-23(25(29)16-27(26)34-18-21-10-8-9-19(2)13-21)14-24(17-30)28(32)31-20(3)22-11-6-5-7-12-22/h5-16,20H,4,18H2,1-3H3,(H,31,32)/b24-14-/t20-/m1/s1. The van der Waals surface area contributed by atoms with E-state index in [0.717, 1.165) is 16.7 Å². The number of nitrogens with zero attached hydrogens (tertiary/aromatic N) is 1. The van der Waals surface area contributed by atoms with Crippen LogP contribution in [0.4, 0.5) is 0 Å². The van der Waals surface area contributed by atoms with E-state index in [0.29, 0.717) is 34.7 Å². The second kappa shape index (κ2) is 12.1. The summed E-state index contributed by atoms with van der Waals surface area (Å²) in [7, 11) is 0. The maximum atomic E-state index is 12.8. The lowest BCUT2D eigenvalue weighted by atomic mass is 10.1. The highest BCUT2D eigenvalue weighted by Gasteiger charge is 2.16. The van der Waals surface area contributed by atoms with Crippen LogP contribution in [-0.4, -0.2) is 12.5 Å². The summed E-state index contributed by atoms with van der Waals surface area (Å²) in [5.74, 6) is 0.677. The molecule has 34 heavy (non-hydrogen) atoms. The van der Waals surface area contributed by atoms with Crippen LogP contribution in [0.15, 0.2) is 76.8 Å². The molecule has 0 heterocycles. The summed E-state index contributed by atoms with van der Waals surface area (Å²) >= 11 is 3.54. The molecule has 1 amide bonds. The van der Waals surface area contributed by atoms with Gasteiger partial charge in [-0.3, -0.25) is 4.79 Å². The average molecular weight is 519 g/mol. The lowest BCUT2D eigenvalue weighted by molar-refractivity contribution is -0.117. The van der Waals surface area contributed by atoms with E-state index in [-0.39, 0.29) is 11.6 Å². The Bertz CT molecular complexity index is 1220. The number of amides is 1. The Hall–Kier alpha value is -3.56. The molecular formula is C28H27BrN2O3. The van der Waals surface area contributed by atoms with Crippen molar-refractivity contribution in [3.63, 3.8) is 0 Å². The monoisotopic (exact) mass is 518 g/mol. The Balaban J connectivity index is 1.82. The molecule has 0 aliphatic heterocycles. The summed E-state index contributed by atoms with van der Waals surface area (Å²) in [5, 5.41) is 12.5. The van der Waals surface area contributed by atoms with Crippen LogP contribution in [-0.2, 0) is 11.4 Å². The number of carbonyl (C=O) groups excluding carboxylic acids is 1. The predicted molar refractivity (Wildman–Crippen MR) is 137 cm³/mol. The normalized spacial score (nSPS) is 11.9. The molecule has 3 rings (SSSR count). The van der Waals surface area contributed by atoms with E-state index in [9.17, 15) is 10.1 Å². The van der Waals surface area contributed by atoms with Crippen molar-refractivity contribution in [3.05, 3.63) is 99.0 Å². The van der Waals surface area contributed by atoms with Crippen molar-refractivity contribution in [3.8, 4) is 17.6 Å². The Kier molecular flexibility index (Phi) is 8.89. The van der Waals surface area contributed by atoms with Gasteiger partial charge in [-0.05, 0) is 55.7 Å². The summed E-state index contributed by atoms with van der Waals surface area (Å²) in [6.45, 7) is 6.65. The lowest BCUT2D eigenvalue weighted by Crippen LogP contribution is -2.27. The molecule has 1 N–H and O–H groups in total. The minimum atomic E-state index is -0.441. The quantitative estimate of drug-likeness (QED) is 0.258. The van der Waals surface area contributed by atoms with E-state index in [1.165, 1.54) is 0 Å². The molecule has 0 aromatic heterocycles. The molecule has 0 spiro atoms. The Morgan fingerprint density at radius 1 is 1.09 bits per heavy atom. The SMILES string of the molecule is CCOc1cc(/C=C(/C#N)C(=O)N[C@H](C)c2ccccc2)c(Br)cc1OCc1cccc(C)c1. The zero-order valence-electron chi connectivity index (χ0n) is 19.5. The van der Waals surface area contributed by atoms with E-state index < -0.39 is 5.91 Å². The van der Waals surface area contributed by atoms with Crippen molar-refractivity contribution >= 4 is 27.9 Å². The molecule has 0 saturated heterocycles. The third kappa shape index (κ3) is 6.72. The molecular weight excluding hydrogens is 492 g/mol. The number of benzene rings is 3. The van der Waals surface area contributed by atoms with Gasteiger partial charge < -0.3 is 14.8 Å². The van der Waals surface area contributed by atoms with Crippen LogP contribution in [0, 0.1) is 18.3 Å². The van der Waals surface area contributed by atoms with Crippen LogP contribution in [0.2, 0.25) is 0 Å². The maximum absolute atomic E-state index is 12.8. The first-order chi connectivity index (χ1) is 16.4. The molecule has 174 valence electrons. The number of aryl methyl sites for hydroxylation is 1. The predicted octanol–water partition coefficient (Wildman–Crippen LogP) is 6.52. The van der Waals surface area contributed by atoms with Crippen LogP contribution in [0.1, 0.15) is 42.1 Å². The van der Waals surface area contributed by atoms with Crippen LogP contribution in [0.5, 0.6) is 11.5 Å². The number of nitriles is 1. The first-order valence-corrected chi connectivity index (χ1v) is 11.8. The molecule has 1 atom stereocenters. The van der Waals surface area contributed by atoms with E-state index in [4.69, 9.17) is 9.47 Å². The van der Waals surface area contributed by atoms with Crippen molar-refractivity contribution in [2.24, 2.45) is 0 Å². The lowest BCUT2D eigenvalue weighted by Gasteiger charge is -2.15. The molecule has 0 fully saturated rings. The Morgan fingerprint density at radius 3 is 2.50 bits per heavy atom. The van der Waals surface area contributed by atoms with Crippen LogP contribution < -0.4 is 14.8 Å². The summed E-state index contributed by atoms with van der Waals surface area (Å²) in [5.41, 5.74) is 3.82. The maximum Gasteiger partial charge on any atom is 0.262 e. The largest absolute Gasteiger partial charge is 0.490 e. The van der Waals surface area contributed by atoms with Crippen LogP contribution in [0.25, 0.3) is 6.08 Å². The van der Waals surface area contributed by atoms with Gasteiger partial charge in [0.15, 0.2) is 11.5 Å². The number of rotatable bonds is 9. The second-order valence-electron chi connectivity index (χ2n) is 7.81. The van der Waals surface area contributed by atoms with Crippen molar-refractivity contribution < 1.29 is 14.3 Å². The highest BCUT2D eigenvalue weighted by Crippen LogP contribution is 2.35. The van der Waals surface area contributed by atoms with E-state index in [1.807, 2.05) is 75.4 Å².